The summed E-state index contributed by atoms with van der Waals surface area (Å²) in [6, 6.07) is 7.60. The molecule has 2 saturated heterocycles. The third kappa shape index (κ3) is 3.29. The van der Waals surface area contributed by atoms with Crippen LogP contribution in [-0.4, -0.2) is 53.6 Å². The average molecular weight is 337 g/mol. The molecule has 2 aliphatic heterocycles. The fourth-order valence-electron chi connectivity index (χ4n) is 3.25. The molecule has 2 aliphatic rings. The Bertz CT molecular complexity index is 620. The van der Waals surface area contributed by atoms with E-state index in [-0.39, 0.29) is 30.1 Å². The molecule has 0 aromatic heterocycles. The van der Waals surface area contributed by atoms with Gasteiger partial charge >= 0.3 is 6.09 Å². The minimum atomic E-state index is -0.279. The van der Waals surface area contributed by atoms with Crippen LogP contribution < -0.4 is 0 Å². The van der Waals surface area contributed by atoms with Gasteiger partial charge in [0, 0.05) is 24.0 Å². The first-order valence-electron chi connectivity index (χ1n) is 7.96. The first kappa shape index (κ1) is 16.1. The van der Waals surface area contributed by atoms with Crippen LogP contribution in [0.3, 0.4) is 0 Å². The third-order valence-corrected chi connectivity index (χ3v) is 4.70. The average Bonchev–Trinajstić information content (AvgIpc) is 3.01. The zero-order chi connectivity index (χ0) is 16.6. The maximum Gasteiger partial charge on any atom is 0.410 e. The summed E-state index contributed by atoms with van der Waals surface area (Å²) in [5, 5.41) is 0.693. The van der Waals surface area contributed by atoms with E-state index in [0.717, 1.165) is 12.0 Å². The van der Waals surface area contributed by atoms with Gasteiger partial charge in [0.15, 0.2) is 0 Å². The van der Waals surface area contributed by atoms with Gasteiger partial charge in [0.25, 0.3) is 0 Å². The van der Waals surface area contributed by atoms with Crippen molar-refractivity contribution in [2.75, 3.05) is 19.6 Å². The Balaban J connectivity index is 1.63. The molecule has 0 aliphatic carbocycles. The van der Waals surface area contributed by atoms with Crippen LogP contribution in [0.15, 0.2) is 24.3 Å². The largest absolute Gasteiger partial charge is 0.442 e. The van der Waals surface area contributed by atoms with E-state index in [2.05, 4.69) is 0 Å². The molecule has 2 atom stereocenters. The van der Waals surface area contributed by atoms with E-state index in [1.54, 1.807) is 9.80 Å². The van der Waals surface area contributed by atoms with Crippen molar-refractivity contribution < 1.29 is 14.3 Å². The number of rotatable bonds is 4. The number of carbonyl (C=O) groups is 2. The van der Waals surface area contributed by atoms with E-state index in [4.69, 9.17) is 16.3 Å². The Hall–Kier alpha value is -1.75. The molecule has 0 saturated carbocycles. The molecule has 2 amide bonds. The van der Waals surface area contributed by atoms with Gasteiger partial charge in [0.1, 0.15) is 6.10 Å². The van der Waals surface area contributed by atoms with Crippen molar-refractivity contribution in [3.05, 3.63) is 34.9 Å². The van der Waals surface area contributed by atoms with Crippen LogP contribution >= 0.6 is 11.6 Å². The minimum absolute atomic E-state index is 0.0376. The lowest BCUT2D eigenvalue weighted by molar-refractivity contribution is -0.134. The van der Waals surface area contributed by atoms with Crippen LogP contribution in [0.1, 0.15) is 19.4 Å². The Labute approximate surface area is 141 Å². The second-order valence-corrected chi connectivity index (χ2v) is 6.90. The topological polar surface area (TPSA) is 49.9 Å². The smallest absolute Gasteiger partial charge is 0.410 e. The predicted octanol–water partition coefficient (Wildman–Crippen LogP) is 2.57. The highest BCUT2D eigenvalue weighted by atomic mass is 35.5. The second-order valence-electron chi connectivity index (χ2n) is 6.46. The maximum atomic E-state index is 12.1. The van der Waals surface area contributed by atoms with Crippen molar-refractivity contribution in [2.45, 2.75) is 32.4 Å². The lowest BCUT2D eigenvalue weighted by Crippen LogP contribution is -2.41. The molecule has 0 unspecified atom stereocenters. The van der Waals surface area contributed by atoms with Gasteiger partial charge in [-0.3, -0.25) is 9.69 Å². The van der Waals surface area contributed by atoms with E-state index >= 15 is 0 Å². The Kier molecular flexibility index (Phi) is 4.48. The van der Waals surface area contributed by atoms with Crippen LogP contribution in [-0.2, 0) is 16.0 Å². The molecule has 3 rings (SSSR count). The SMILES string of the molecule is CC(C)C(=O)N1C[C@@H]2OC(=O)N(CCc3cccc(Cl)c3)[C@@H]2C1. The van der Waals surface area contributed by atoms with Gasteiger partial charge in [-0.1, -0.05) is 37.6 Å². The highest BCUT2D eigenvalue weighted by molar-refractivity contribution is 6.30. The highest BCUT2D eigenvalue weighted by Gasteiger charge is 2.48. The molecule has 1 aromatic rings. The number of amides is 2. The summed E-state index contributed by atoms with van der Waals surface area (Å²) in [7, 11) is 0. The molecule has 6 heteroatoms. The van der Waals surface area contributed by atoms with Gasteiger partial charge < -0.3 is 9.64 Å². The van der Waals surface area contributed by atoms with E-state index in [1.165, 1.54) is 0 Å². The lowest BCUT2D eigenvalue weighted by Gasteiger charge is -2.23. The first-order chi connectivity index (χ1) is 11.0. The number of likely N-dealkylation sites (tertiary alicyclic amines) is 1. The van der Waals surface area contributed by atoms with Crippen LogP contribution in [0.4, 0.5) is 4.79 Å². The van der Waals surface area contributed by atoms with Crippen LogP contribution in [0.25, 0.3) is 0 Å². The summed E-state index contributed by atoms with van der Waals surface area (Å²) in [5.41, 5.74) is 1.09. The molecule has 0 N–H and O–H groups in total. The summed E-state index contributed by atoms with van der Waals surface area (Å²) in [6.45, 7) is 5.41. The fourth-order valence-corrected chi connectivity index (χ4v) is 3.46. The quantitative estimate of drug-likeness (QED) is 0.849. The Morgan fingerprint density at radius 2 is 2.17 bits per heavy atom. The molecule has 0 spiro atoms. The highest BCUT2D eigenvalue weighted by Crippen LogP contribution is 2.28. The van der Waals surface area contributed by atoms with Crippen molar-refractivity contribution in [2.24, 2.45) is 5.92 Å². The zero-order valence-electron chi connectivity index (χ0n) is 13.4. The molecule has 2 fully saturated rings. The maximum absolute atomic E-state index is 12.1. The van der Waals surface area contributed by atoms with Gasteiger partial charge in [-0.15, -0.1) is 0 Å². The van der Waals surface area contributed by atoms with E-state index in [9.17, 15) is 9.59 Å². The monoisotopic (exact) mass is 336 g/mol. The van der Waals surface area contributed by atoms with E-state index in [1.807, 2.05) is 38.1 Å². The molecule has 2 heterocycles. The summed E-state index contributed by atoms with van der Waals surface area (Å²) >= 11 is 5.99. The Morgan fingerprint density at radius 3 is 2.87 bits per heavy atom. The number of hydrogen-bond donors (Lipinski definition) is 0. The summed E-state index contributed by atoms with van der Waals surface area (Å²) in [4.78, 5) is 27.7. The normalized spacial score (nSPS) is 23.4. The van der Waals surface area contributed by atoms with Crippen molar-refractivity contribution in [3.8, 4) is 0 Å². The summed E-state index contributed by atoms with van der Waals surface area (Å²) in [6.07, 6.45) is 0.236. The number of halogens is 1. The molecule has 23 heavy (non-hydrogen) atoms. The van der Waals surface area contributed by atoms with Crippen molar-refractivity contribution >= 4 is 23.6 Å². The number of nitrogens with zero attached hydrogens (tertiary/aromatic N) is 2. The molecular formula is C17H21ClN2O3. The molecule has 124 valence electrons. The predicted molar refractivity (Wildman–Crippen MR) is 87.3 cm³/mol. The van der Waals surface area contributed by atoms with Crippen molar-refractivity contribution in [3.63, 3.8) is 0 Å². The van der Waals surface area contributed by atoms with Crippen LogP contribution in [0.2, 0.25) is 5.02 Å². The van der Waals surface area contributed by atoms with Crippen LogP contribution in [0, 0.1) is 5.92 Å². The number of carbonyl (C=O) groups excluding carboxylic acids is 2. The van der Waals surface area contributed by atoms with E-state index in [0.29, 0.717) is 24.7 Å². The first-order valence-corrected chi connectivity index (χ1v) is 8.34. The van der Waals surface area contributed by atoms with Gasteiger partial charge in [0.2, 0.25) is 5.91 Å². The molecular weight excluding hydrogens is 316 g/mol. The zero-order valence-corrected chi connectivity index (χ0v) is 14.1. The lowest BCUT2D eigenvalue weighted by atomic mass is 10.1. The molecule has 0 bridgehead atoms. The van der Waals surface area contributed by atoms with Crippen molar-refractivity contribution in [1.82, 2.24) is 9.80 Å². The number of hydrogen-bond acceptors (Lipinski definition) is 3. The molecule has 5 nitrogen and oxygen atoms in total. The van der Waals surface area contributed by atoms with Gasteiger partial charge in [-0.2, -0.15) is 0 Å². The van der Waals surface area contributed by atoms with Gasteiger partial charge in [0.05, 0.1) is 12.6 Å². The number of benzene rings is 1. The Morgan fingerprint density at radius 1 is 1.39 bits per heavy atom. The molecule has 1 aromatic carbocycles. The molecule has 0 radical (unpaired) electrons. The standard InChI is InChI=1S/C17H21ClN2O3/c1-11(2)16(21)19-9-14-15(10-19)23-17(22)20(14)7-6-12-4-3-5-13(18)8-12/h3-5,8,11,14-15H,6-7,9-10H2,1-2H3/t14-,15+/m1/s1. The second kappa shape index (κ2) is 6.40. The van der Waals surface area contributed by atoms with Gasteiger partial charge in [-0.25, -0.2) is 4.79 Å². The van der Waals surface area contributed by atoms with Gasteiger partial charge in [-0.05, 0) is 24.1 Å². The fraction of sp³-hybridized carbons (Fsp3) is 0.529. The van der Waals surface area contributed by atoms with E-state index < -0.39 is 0 Å². The minimum Gasteiger partial charge on any atom is -0.442 e. The number of ether oxygens (including phenoxy) is 1. The third-order valence-electron chi connectivity index (χ3n) is 4.46. The van der Waals surface area contributed by atoms with Crippen molar-refractivity contribution in [1.29, 1.82) is 0 Å². The number of fused-ring (bicyclic) bond motifs is 1. The summed E-state index contributed by atoms with van der Waals surface area (Å²) in [5.74, 6) is 0.0784. The van der Waals surface area contributed by atoms with Crippen LogP contribution in [0.5, 0.6) is 0 Å². The summed E-state index contributed by atoms with van der Waals surface area (Å²) < 4.78 is 5.44.